The molecule has 2 fully saturated rings. The number of benzene rings is 2. The van der Waals surface area contributed by atoms with Gasteiger partial charge in [-0.2, -0.15) is 0 Å². The first kappa shape index (κ1) is 26.2. The van der Waals surface area contributed by atoms with Crippen molar-refractivity contribution in [1.82, 2.24) is 9.80 Å². The maximum absolute atomic E-state index is 14.7. The van der Waals surface area contributed by atoms with Gasteiger partial charge < -0.3 is 19.8 Å². The molecule has 9 heteroatoms. The van der Waals surface area contributed by atoms with Gasteiger partial charge in [0.25, 0.3) is 5.91 Å². The number of likely N-dealkylation sites (N-methyl/N-ethyl adjacent to an activating group) is 1. The monoisotopic (exact) mass is 563 g/mol. The Morgan fingerprint density at radius 3 is 2.36 bits per heavy atom. The third-order valence-corrected chi connectivity index (χ3v) is 10.6. The molecular formula is C30H30ClN3O4S. The summed E-state index contributed by atoms with van der Waals surface area (Å²) in [5.41, 5.74) is 1.28. The molecule has 7 nitrogen and oxygen atoms in total. The summed E-state index contributed by atoms with van der Waals surface area (Å²) >= 11 is 8.07. The van der Waals surface area contributed by atoms with Gasteiger partial charge in [0, 0.05) is 24.9 Å². The van der Waals surface area contributed by atoms with Crippen molar-refractivity contribution in [2.75, 3.05) is 31.6 Å². The molecule has 3 amide bonds. The zero-order valence-corrected chi connectivity index (χ0v) is 23.3. The van der Waals surface area contributed by atoms with E-state index in [4.69, 9.17) is 11.6 Å². The summed E-state index contributed by atoms with van der Waals surface area (Å²) in [6, 6.07) is 14.7. The number of nitrogens with zero attached hydrogens (tertiary/aromatic N) is 3. The maximum atomic E-state index is 14.7. The number of amides is 3. The minimum Gasteiger partial charge on any atom is -0.394 e. The van der Waals surface area contributed by atoms with Crippen LogP contribution in [0.3, 0.4) is 0 Å². The summed E-state index contributed by atoms with van der Waals surface area (Å²) in [4.78, 5) is 47.9. The van der Waals surface area contributed by atoms with E-state index in [2.05, 4.69) is 0 Å². The van der Waals surface area contributed by atoms with Gasteiger partial charge in [-0.1, -0.05) is 78.4 Å². The van der Waals surface area contributed by atoms with Crippen molar-refractivity contribution in [3.8, 4) is 0 Å². The van der Waals surface area contributed by atoms with Crippen molar-refractivity contribution in [3.63, 3.8) is 0 Å². The molecule has 0 aromatic heterocycles. The molecule has 202 valence electrons. The molecule has 4 heterocycles. The molecule has 6 atom stereocenters. The van der Waals surface area contributed by atoms with E-state index >= 15 is 0 Å². The molecule has 1 spiro atoms. The van der Waals surface area contributed by atoms with Crippen LogP contribution < -0.4 is 4.90 Å². The highest BCUT2D eigenvalue weighted by Gasteiger charge is 2.74. The minimum absolute atomic E-state index is 0.112. The predicted molar refractivity (Wildman–Crippen MR) is 152 cm³/mol. The van der Waals surface area contributed by atoms with Crippen LogP contribution in [0.1, 0.15) is 18.5 Å². The van der Waals surface area contributed by atoms with Crippen molar-refractivity contribution < 1.29 is 19.5 Å². The summed E-state index contributed by atoms with van der Waals surface area (Å²) in [7, 11) is 1.75. The summed E-state index contributed by atoms with van der Waals surface area (Å²) < 4.78 is -1.69. The largest absolute Gasteiger partial charge is 0.394 e. The Morgan fingerprint density at radius 1 is 0.949 bits per heavy atom. The van der Waals surface area contributed by atoms with Crippen LogP contribution in [-0.4, -0.2) is 74.9 Å². The fourth-order valence-electron chi connectivity index (χ4n) is 6.83. The number of aliphatic hydroxyl groups is 1. The van der Waals surface area contributed by atoms with E-state index in [1.807, 2.05) is 67.6 Å². The van der Waals surface area contributed by atoms with Crippen molar-refractivity contribution in [2.45, 2.75) is 28.5 Å². The lowest BCUT2D eigenvalue weighted by molar-refractivity contribution is -0.145. The number of carbonyl (C=O) groups is 3. The highest BCUT2D eigenvalue weighted by atomic mass is 35.5. The highest BCUT2D eigenvalue weighted by molar-refractivity contribution is 8.02. The Hall–Kier alpha value is -3.07. The van der Waals surface area contributed by atoms with E-state index in [9.17, 15) is 19.5 Å². The molecule has 4 aliphatic heterocycles. The third-order valence-electron chi connectivity index (χ3n) is 8.53. The Kier molecular flexibility index (Phi) is 6.40. The van der Waals surface area contributed by atoms with Crippen LogP contribution in [-0.2, 0) is 14.4 Å². The fraction of sp³-hybridized carbons (Fsp3) is 0.367. The minimum atomic E-state index is -1.01. The first-order valence-electron chi connectivity index (χ1n) is 13.1. The Labute approximate surface area is 237 Å². The van der Waals surface area contributed by atoms with Crippen molar-refractivity contribution in [2.24, 2.45) is 11.8 Å². The summed E-state index contributed by atoms with van der Waals surface area (Å²) in [6.07, 6.45) is 7.89. The van der Waals surface area contributed by atoms with Gasteiger partial charge in [0.15, 0.2) is 0 Å². The van der Waals surface area contributed by atoms with E-state index in [0.717, 1.165) is 5.56 Å². The lowest BCUT2D eigenvalue weighted by atomic mass is 9.74. The Bertz CT molecular complexity index is 1400. The van der Waals surface area contributed by atoms with Gasteiger partial charge in [-0.3, -0.25) is 14.4 Å². The first-order valence-corrected chi connectivity index (χ1v) is 14.3. The second-order valence-corrected chi connectivity index (χ2v) is 13.0. The molecule has 0 saturated carbocycles. The van der Waals surface area contributed by atoms with Crippen LogP contribution in [0.2, 0.25) is 5.02 Å². The molecule has 2 aromatic carbocycles. The average Bonchev–Trinajstić information content (AvgIpc) is 3.20. The molecule has 0 bridgehead atoms. The number of likely N-dealkylation sites (tertiary alicyclic amines) is 1. The van der Waals surface area contributed by atoms with E-state index < -0.39 is 33.4 Å². The molecule has 6 rings (SSSR count). The molecule has 2 saturated heterocycles. The molecule has 2 aromatic rings. The predicted octanol–water partition coefficient (Wildman–Crippen LogP) is 3.69. The van der Waals surface area contributed by atoms with Gasteiger partial charge in [0.05, 0.1) is 39.9 Å². The lowest BCUT2D eigenvalue weighted by Crippen LogP contribution is -2.54. The van der Waals surface area contributed by atoms with Crippen LogP contribution in [0.25, 0.3) is 0 Å². The van der Waals surface area contributed by atoms with Crippen LogP contribution in [0.15, 0.2) is 78.9 Å². The third kappa shape index (κ3) is 3.79. The van der Waals surface area contributed by atoms with Gasteiger partial charge in [-0.25, -0.2) is 0 Å². The fourth-order valence-corrected chi connectivity index (χ4v) is 9.22. The number of carbonyl (C=O) groups excluding carboxylic acids is 3. The smallest absolute Gasteiger partial charge is 0.251 e. The number of halogens is 1. The average molecular weight is 564 g/mol. The molecule has 1 unspecified atom stereocenters. The molecule has 39 heavy (non-hydrogen) atoms. The summed E-state index contributed by atoms with van der Waals surface area (Å²) in [6.45, 7) is 2.37. The maximum Gasteiger partial charge on any atom is 0.251 e. The van der Waals surface area contributed by atoms with Gasteiger partial charge in [-0.15, -0.1) is 11.8 Å². The summed E-state index contributed by atoms with van der Waals surface area (Å²) in [5, 5.41) is 11.1. The van der Waals surface area contributed by atoms with Crippen LogP contribution in [0.4, 0.5) is 5.69 Å². The number of hydrogen-bond acceptors (Lipinski definition) is 5. The van der Waals surface area contributed by atoms with Gasteiger partial charge in [-0.05, 0) is 24.6 Å². The number of para-hydroxylation sites is 1. The molecule has 0 aliphatic carbocycles. The van der Waals surface area contributed by atoms with Crippen molar-refractivity contribution >= 4 is 46.8 Å². The molecular weight excluding hydrogens is 534 g/mol. The normalized spacial score (nSPS) is 32.6. The van der Waals surface area contributed by atoms with Crippen LogP contribution in [0, 0.1) is 11.8 Å². The number of anilines is 1. The van der Waals surface area contributed by atoms with E-state index in [0.29, 0.717) is 17.3 Å². The Balaban J connectivity index is 1.56. The Morgan fingerprint density at radius 2 is 1.64 bits per heavy atom. The van der Waals surface area contributed by atoms with Crippen molar-refractivity contribution in [3.05, 3.63) is 89.5 Å². The molecule has 4 aliphatic rings. The highest BCUT2D eigenvalue weighted by Crippen LogP contribution is 2.66. The topological polar surface area (TPSA) is 81.2 Å². The van der Waals surface area contributed by atoms with E-state index in [1.54, 1.807) is 39.9 Å². The second-order valence-electron chi connectivity index (χ2n) is 10.8. The van der Waals surface area contributed by atoms with Crippen molar-refractivity contribution in [1.29, 1.82) is 0 Å². The zero-order valence-electron chi connectivity index (χ0n) is 21.7. The lowest BCUT2D eigenvalue weighted by Gasteiger charge is -2.40. The van der Waals surface area contributed by atoms with E-state index in [-0.39, 0.29) is 30.9 Å². The summed E-state index contributed by atoms with van der Waals surface area (Å²) in [5.74, 6) is -2.12. The number of rotatable bonds is 4. The molecule has 0 radical (unpaired) electrons. The van der Waals surface area contributed by atoms with Gasteiger partial charge >= 0.3 is 0 Å². The van der Waals surface area contributed by atoms with Crippen LogP contribution in [0.5, 0.6) is 0 Å². The van der Waals surface area contributed by atoms with E-state index in [1.165, 1.54) is 11.8 Å². The molecule has 1 N–H and O–H groups in total. The standard InChI is InChI=1S/C30H30ClN3O4S/c1-29-14-8-16-32(2)26(36)23(29)24-27(37)34(22(18-35)19-10-4-3-5-11-19)25-28(38)33(17-9-15-30(24,25)39-29)21-13-7-6-12-20(21)31/h3-15,22-25,35H,16-18H2,1-2H3/t22-,23+,24+,25?,29-,30+/m1/s1. The SMILES string of the molecule is CN1CC=C[C@@]2(C)S[C@]34C=CCN(c5ccccc5Cl)C(=O)C3N([C@H](CO)c3ccccc3)C(=O)[C@@H]4[C@H]2C1=O. The van der Waals surface area contributed by atoms with Gasteiger partial charge in [0.1, 0.15) is 6.04 Å². The number of hydrogen-bond donors (Lipinski definition) is 1. The quantitative estimate of drug-likeness (QED) is 0.574. The van der Waals surface area contributed by atoms with Gasteiger partial charge in [0.2, 0.25) is 11.8 Å². The van der Waals surface area contributed by atoms with Crippen LogP contribution >= 0.6 is 23.4 Å². The second kappa shape index (κ2) is 9.54. The first-order chi connectivity index (χ1) is 18.7. The number of fused-ring (bicyclic) bond motifs is 2. The zero-order chi connectivity index (χ0) is 27.5. The number of thioether (sulfide) groups is 1. The number of aliphatic hydroxyl groups excluding tert-OH is 1.